The van der Waals surface area contributed by atoms with Crippen molar-refractivity contribution < 1.29 is 27.9 Å². The summed E-state index contributed by atoms with van der Waals surface area (Å²) < 4.78 is 36.1. The smallest absolute Gasteiger partial charge is 0.465 e. The average molecular weight is 282 g/mol. The van der Waals surface area contributed by atoms with E-state index in [4.69, 9.17) is 5.11 Å². The minimum atomic E-state index is -4.94. The molecule has 0 aromatic carbocycles. The molecule has 1 fully saturated rings. The van der Waals surface area contributed by atoms with Gasteiger partial charge in [-0.3, -0.25) is 4.79 Å². The Bertz CT molecular complexity index is 369. The molecular weight excluding hydrogens is 265 g/mol. The predicted molar refractivity (Wildman–Crippen MR) is 60.6 cm³/mol. The van der Waals surface area contributed by atoms with Gasteiger partial charge in [0.1, 0.15) is 0 Å². The summed E-state index contributed by atoms with van der Waals surface area (Å²) in [6, 6.07) is -0.614. The molecule has 0 radical (unpaired) electrons. The van der Waals surface area contributed by atoms with Crippen molar-refractivity contribution in [3.8, 4) is 0 Å². The Balaban J connectivity index is 2.62. The number of alkyl halides is 3. The normalized spacial score (nSPS) is 23.0. The summed E-state index contributed by atoms with van der Waals surface area (Å²) in [5.74, 6) is -2.04. The first-order valence-corrected chi connectivity index (χ1v) is 5.87. The van der Waals surface area contributed by atoms with Crippen molar-refractivity contribution in [3.05, 3.63) is 0 Å². The molecule has 0 aromatic heterocycles. The number of carboxylic acid groups (broad SMARTS) is 1. The number of nitrogens with one attached hydrogen (secondary N) is 1. The van der Waals surface area contributed by atoms with Gasteiger partial charge < -0.3 is 15.3 Å². The van der Waals surface area contributed by atoms with Gasteiger partial charge in [-0.1, -0.05) is 13.8 Å². The molecule has 110 valence electrons. The number of hydrogen-bond acceptors (Lipinski definition) is 2. The number of hydrogen-bond donors (Lipinski definition) is 2. The van der Waals surface area contributed by atoms with Crippen LogP contribution in [-0.2, 0) is 4.79 Å². The van der Waals surface area contributed by atoms with Crippen LogP contribution >= 0.6 is 0 Å². The number of amides is 2. The Labute approximate surface area is 108 Å². The first-order chi connectivity index (χ1) is 8.53. The van der Waals surface area contributed by atoms with Gasteiger partial charge >= 0.3 is 18.2 Å². The molecular formula is C11H17F3N2O3. The maximum absolute atomic E-state index is 12.0. The third kappa shape index (κ3) is 4.29. The van der Waals surface area contributed by atoms with Crippen molar-refractivity contribution in [2.75, 3.05) is 13.1 Å². The van der Waals surface area contributed by atoms with E-state index in [-0.39, 0.29) is 18.5 Å². The Morgan fingerprint density at radius 2 is 2.00 bits per heavy atom. The van der Waals surface area contributed by atoms with E-state index in [1.807, 2.05) is 13.8 Å². The molecule has 1 rings (SSSR count). The fraction of sp³-hybridized carbons (Fsp3) is 0.818. The van der Waals surface area contributed by atoms with E-state index in [0.29, 0.717) is 12.8 Å². The highest BCUT2D eigenvalue weighted by Crippen LogP contribution is 2.31. The molecule has 0 bridgehead atoms. The zero-order valence-electron chi connectivity index (χ0n) is 10.8. The van der Waals surface area contributed by atoms with Crippen LogP contribution in [0.5, 0.6) is 0 Å². The molecule has 0 unspecified atom stereocenters. The lowest BCUT2D eigenvalue weighted by atomic mass is 9.81. The van der Waals surface area contributed by atoms with Crippen LogP contribution in [0.3, 0.4) is 0 Å². The highest BCUT2D eigenvalue weighted by atomic mass is 19.4. The van der Waals surface area contributed by atoms with E-state index in [9.17, 15) is 22.8 Å². The van der Waals surface area contributed by atoms with Gasteiger partial charge in [-0.15, -0.1) is 0 Å². The van der Waals surface area contributed by atoms with Crippen molar-refractivity contribution in [1.29, 1.82) is 0 Å². The van der Waals surface area contributed by atoms with Crippen LogP contribution in [0.15, 0.2) is 0 Å². The quantitative estimate of drug-likeness (QED) is 0.812. The average Bonchev–Trinajstić information content (AvgIpc) is 2.24. The van der Waals surface area contributed by atoms with E-state index < -0.39 is 24.2 Å². The molecule has 0 saturated carbocycles. The second-order valence-corrected chi connectivity index (χ2v) is 5.47. The minimum Gasteiger partial charge on any atom is -0.465 e. The van der Waals surface area contributed by atoms with E-state index in [1.165, 1.54) is 0 Å². The van der Waals surface area contributed by atoms with Crippen molar-refractivity contribution in [1.82, 2.24) is 10.2 Å². The maximum Gasteiger partial charge on any atom is 0.471 e. The number of likely N-dealkylation sites (tertiary alicyclic amines) is 1. The number of halogens is 3. The molecule has 5 nitrogen and oxygen atoms in total. The van der Waals surface area contributed by atoms with E-state index in [1.54, 1.807) is 5.32 Å². The minimum absolute atomic E-state index is 0.205. The number of rotatable bonds is 2. The number of piperidine rings is 1. The van der Waals surface area contributed by atoms with Crippen LogP contribution in [0, 0.1) is 5.41 Å². The van der Waals surface area contributed by atoms with Crippen LogP contribution in [-0.4, -0.2) is 47.3 Å². The lowest BCUT2D eigenvalue weighted by Crippen LogP contribution is -2.54. The standard InChI is InChI=1S/C11H17F3N2O3/c1-10(2)4-3-7(16(6-10)9(18)19)5-15-8(17)11(12,13)14/h7H,3-6H2,1-2H3,(H,15,17)(H,18,19)/t7-/m0/s1. The van der Waals surface area contributed by atoms with Gasteiger partial charge in [0.2, 0.25) is 0 Å². The first kappa shape index (κ1) is 15.6. The Morgan fingerprint density at radius 3 is 2.47 bits per heavy atom. The Kier molecular flexibility index (Phi) is 4.32. The van der Waals surface area contributed by atoms with Gasteiger partial charge in [-0.05, 0) is 18.3 Å². The van der Waals surface area contributed by atoms with Crippen LogP contribution in [0.1, 0.15) is 26.7 Å². The van der Waals surface area contributed by atoms with Crippen molar-refractivity contribution in [2.24, 2.45) is 5.41 Å². The monoisotopic (exact) mass is 282 g/mol. The van der Waals surface area contributed by atoms with Gasteiger partial charge in [-0.2, -0.15) is 13.2 Å². The Hall–Kier alpha value is -1.47. The molecule has 1 aliphatic rings. The van der Waals surface area contributed by atoms with Gasteiger partial charge in [0.25, 0.3) is 0 Å². The number of carbonyl (C=O) groups excluding carboxylic acids is 1. The molecule has 0 spiro atoms. The third-order valence-corrected chi connectivity index (χ3v) is 3.19. The molecule has 2 amide bonds. The number of carbonyl (C=O) groups is 2. The summed E-state index contributed by atoms with van der Waals surface area (Å²) in [7, 11) is 0. The van der Waals surface area contributed by atoms with Crippen LogP contribution < -0.4 is 5.32 Å². The molecule has 1 saturated heterocycles. The lowest BCUT2D eigenvalue weighted by molar-refractivity contribution is -0.173. The predicted octanol–water partition coefficient (Wildman–Crippen LogP) is 1.83. The summed E-state index contributed by atoms with van der Waals surface area (Å²) in [6.07, 6.45) is -5.00. The molecule has 1 atom stereocenters. The maximum atomic E-state index is 12.0. The molecule has 1 aliphatic heterocycles. The van der Waals surface area contributed by atoms with Crippen LogP contribution in [0.4, 0.5) is 18.0 Å². The molecule has 2 N–H and O–H groups in total. The highest BCUT2D eigenvalue weighted by Gasteiger charge is 2.40. The Morgan fingerprint density at radius 1 is 1.42 bits per heavy atom. The summed E-state index contributed by atoms with van der Waals surface area (Å²) in [5, 5.41) is 10.8. The summed E-state index contributed by atoms with van der Waals surface area (Å²) in [5.41, 5.74) is -0.205. The lowest BCUT2D eigenvalue weighted by Gasteiger charge is -2.42. The first-order valence-electron chi connectivity index (χ1n) is 5.87. The summed E-state index contributed by atoms with van der Waals surface area (Å²) in [6.45, 7) is 3.72. The van der Waals surface area contributed by atoms with E-state index >= 15 is 0 Å². The zero-order valence-corrected chi connectivity index (χ0v) is 10.8. The third-order valence-electron chi connectivity index (χ3n) is 3.19. The molecule has 1 heterocycles. The van der Waals surface area contributed by atoms with E-state index in [0.717, 1.165) is 4.90 Å². The largest absolute Gasteiger partial charge is 0.471 e. The van der Waals surface area contributed by atoms with E-state index in [2.05, 4.69) is 0 Å². The van der Waals surface area contributed by atoms with Crippen LogP contribution in [0.2, 0.25) is 0 Å². The van der Waals surface area contributed by atoms with Crippen molar-refractivity contribution >= 4 is 12.0 Å². The van der Waals surface area contributed by atoms with Crippen LogP contribution in [0.25, 0.3) is 0 Å². The van der Waals surface area contributed by atoms with Gasteiger partial charge in [0, 0.05) is 13.1 Å². The fourth-order valence-electron chi connectivity index (χ4n) is 2.13. The molecule has 0 aliphatic carbocycles. The van der Waals surface area contributed by atoms with Crippen molar-refractivity contribution in [2.45, 2.75) is 38.9 Å². The SMILES string of the molecule is CC1(C)CC[C@@H](CNC(=O)C(F)(F)F)N(C(=O)O)C1. The highest BCUT2D eigenvalue weighted by molar-refractivity contribution is 5.81. The molecule has 8 heteroatoms. The van der Waals surface area contributed by atoms with Crippen molar-refractivity contribution in [3.63, 3.8) is 0 Å². The number of nitrogens with zero attached hydrogens (tertiary/aromatic N) is 1. The molecule has 0 aromatic rings. The molecule has 19 heavy (non-hydrogen) atoms. The summed E-state index contributed by atoms with van der Waals surface area (Å²) >= 11 is 0. The topological polar surface area (TPSA) is 69.6 Å². The summed E-state index contributed by atoms with van der Waals surface area (Å²) in [4.78, 5) is 22.9. The fourth-order valence-corrected chi connectivity index (χ4v) is 2.13. The van der Waals surface area contributed by atoms with Gasteiger partial charge in [-0.25, -0.2) is 4.79 Å². The van der Waals surface area contributed by atoms with Gasteiger partial charge in [0.15, 0.2) is 0 Å². The second kappa shape index (κ2) is 5.26. The zero-order chi connectivity index (χ0) is 14.8. The van der Waals surface area contributed by atoms with Gasteiger partial charge in [0.05, 0.1) is 6.04 Å². The second-order valence-electron chi connectivity index (χ2n) is 5.47.